The summed E-state index contributed by atoms with van der Waals surface area (Å²) in [6.45, 7) is 3.95. The van der Waals surface area contributed by atoms with Crippen LogP contribution in [0, 0.1) is 0 Å². The molecule has 84 valence electrons. The van der Waals surface area contributed by atoms with E-state index >= 15 is 0 Å². The molecular weight excluding hydrogens is 258 g/mol. The Hall–Kier alpha value is -0.740. The zero-order valence-corrected chi connectivity index (χ0v) is 10.8. The lowest BCUT2D eigenvalue weighted by atomic mass is 10.1. The van der Waals surface area contributed by atoms with E-state index in [0.717, 1.165) is 15.9 Å². The Balaban J connectivity index is 2.84. The summed E-state index contributed by atoms with van der Waals surface area (Å²) in [5.74, 6) is 0.794. The van der Waals surface area contributed by atoms with Crippen molar-refractivity contribution in [3.8, 4) is 5.75 Å². The Morgan fingerprint density at radius 2 is 2.13 bits per heavy atom. The summed E-state index contributed by atoms with van der Waals surface area (Å²) < 4.78 is 6.02. The molecule has 1 aromatic rings. The molecule has 1 aromatic carbocycles. The van der Waals surface area contributed by atoms with E-state index < -0.39 is 0 Å². The van der Waals surface area contributed by atoms with Gasteiger partial charge in [-0.1, -0.05) is 0 Å². The highest BCUT2D eigenvalue weighted by Gasteiger charge is 2.15. The van der Waals surface area contributed by atoms with Crippen LogP contribution in [0.2, 0.25) is 0 Å². The van der Waals surface area contributed by atoms with Crippen molar-refractivity contribution in [2.45, 2.75) is 19.4 Å². The van der Waals surface area contributed by atoms with Crippen LogP contribution < -0.4 is 10.1 Å². The van der Waals surface area contributed by atoms with E-state index in [-0.39, 0.29) is 12.1 Å². The van der Waals surface area contributed by atoms with Crippen molar-refractivity contribution in [1.82, 2.24) is 0 Å². The summed E-state index contributed by atoms with van der Waals surface area (Å²) >= 11 is 3.41. The van der Waals surface area contributed by atoms with Gasteiger partial charge in [0.15, 0.2) is 0 Å². The van der Waals surface area contributed by atoms with Gasteiger partial charge >= 0.3 is 0 Å². The van der Waals surface area contributed by atoms with Gasteiger partial charge < -0.3 is 15.2 Å². The van der Waals surface area contributed by atoms with Gasteiger partial charge in [0.1, 0.15) is 5.75 Å². The average molecular weight is 274 g/mol. The van der Waals surface area contributed by atoms with Gasteiger partial charge in [-0.05, 0) is 48.0 Å². The van der Waals surface area contributed by atoms with E-state index in [4.69, 9.17) is 9.84 Å². The quantitative estimate of drug-likeness (QED) is 0.886. The van der Waals surface area contributed by atoms with Gasteiger partial charge in [0.05, 0.1) is 23.7 Å². The molecule has 0 fully saturated rings. The first-order chi connectivity index (χ1) is 6.98. The molecule has 15 heavy (non-hydrogen) atoms. The largest absolute Gasteiger partial charge is 0.496 e. The number of hydrogen-bond acceptors (Lipinski definition) is 3. The molecular formula is C11H16BrNO2. The van der Waals surface area contributed by atoms with Crippen molar-refractivity contribution in [3.63, 3.8) is 0 Å². The highest BCUT2D eigenvalue weighted by Crippen LogP contribution is 2.28. The van der Waals surface area contributed by atoms with Gasteiger partial charge in [0, 0.05) is 5.69 Å². The number of nitrogens with one attached hydrogen (secondary N) is 1. The van der Waals surface area contributed by atoms with Crippen molar-refractivity contribution in [2.75, 3.05) is 19.0 Å². The molecule has 4 heteroatoms. The number of benzene rings is 1. The maximum absolute atomic E-state index is 9.13. The number of rotatable bonds is 4. The van der Waals surface area contributed by atoms with Crippen LogP contribution in [-0.4, -0.2) is 24.4 Å². The Morgan fingerprint density at radius 3 is 2.60 bits per heavy atom. The molecule has 0 atom stereocenters. The zero-order valence-electron chi connectivity index (χ0n) is 9.17. The monoisotopic (exact) mass is 273 g/mol. The fraction of sp³-hybridized carbons (Fsp3) is 0.455. The molecule has 0 spiro atoms. The van der Waals surface area contributed by atoms with Crippen LogP contribution in [0.4, 0.5) is 5.69 Å². The molecule has 0 amide bonds. The van der Waals surface area contributed by atoms with Gasteiger partial charge in [-0.2, -0.15) is 0 Å². The highest BCUT2D eigenvalue weighted by atomic mass is 79.9. The molecule has 0 aliphatic rings. The summed E-state index contributed by atoms with van der Waals surface area (Å²) in [4.78, 5) is 0. The highest BCUT2D eigenvalue weighted by molar-refractivity contribution is 9.10. The smallest absolute Gasteiger partial charge is 0.133 e. The lowest BCUT2D eigenvalue weighted by molar-refractivity contribution is 0.234. The summed E-state index contributed by atoms with van der Waals surface area (Å²) in [6.07, 6.45) is 0. The molecule has 2 N–H and O–H groups in total. The second kappa shape index (κ2) is 4.86. The minimum absolute atomic E-state index is 0.0800. The third-order valence-corrected chi connectivity index (χ3v) is 2.65. The second-order valence-electron chi connectivity index (χ2n) is 4.02. The molecule has 1 rings (SSSR count). The van der Waals surface area contributed by atoms with Gasteiger partial charge in [-0.15, -0.1) is 0 Å². The van der Waals surface area contributed by atoms with Crippen molar-refractivity contribution in [1.29, 1.82) is 0 Å². The van der Waals surface area contributed by atoms with Crippen LogP contribution in [0.5, 0.6) is 5.75 Å². The molecule has 0 heterocycles. The number of hydrogen-bond donors (Lipinski definition) is 2. The van der Waals surface area contributed by atoms with E-state index in [1.54, 1.807) is 7.11 Å². The second-order valence-corrected chi connectivity index (χ2v) is 4.87. The number of ether oxygens (including phenoxy) is 1. The van der Waals surface area contributed by atoms with E-state index in [0.29, 0.717) is 0 Å². The van der Waals surface area contributed by atoms with E-state index in [9.17, 15) is 0 Å². The predicted molar refractivity (Wildman–Crippen MR) is 65.5 cm³/mol. The molecule has 0 aliphatic heterocycles. The van der Waals surface area contributed by atoms with E-state index in [1.807, 2.05) is 32.0 Å². The number of methoxy groups -OCH3 is 1. The minimum atomic E-state index is -0.325. The van der Waals surface area contributed by atoms with E-state index in [1.165, 1.54) is 0 Å². The Kier molecular flexibility index (Phi) is 3.99. The van der Waals surface area contributed by atoms with Gasteiger partial charge in [0.2, 0.25) is 0 Å². The normalized spacial score (nSPS) is 11.3. The summed E-state index contributed by atoms with van der Waals surface area (Å²) in [7, 11) is 1.63. The average Bonchev–Trinajstić information content (AvgIpc) is 2.17. The van der Waals surface area contributed by atoms with Crippen LogP contribution in [0.25, 0.3) is 0 Å². The Labute approximate surface area is 98.6 Å². The van der Waals surface area contributed by atoms with Crippen LogP contribution >= 0.6 is 15.9 Å². The summed E-state index contributed by atoms with van der Waals surface area (Å²) in [5, 5.41) is 12.4. The van der Waals surface area contributed by atoms with Crippen LogP contribution in [0.15, 0.2) is 22.7 Å². The molecule has 0 saturated heterocycles. The van der Waals surface area contributed by atoms with Crippen LogP contribution in [0.3, 0.4) is 0 Å². The molecule has 0 saturated carbocycles. The van der Waals surface area contributed by atoms with Gasteiger partial charge in [-0.3, -0.25) is 0 Å². The maximum atomic E-state index is 9.13. The molecule has 0 aliphatic carbocycles. The molecule has 0 radical (unpaired) electrons. The fourth-order valence-electron chi connectivity index (χ4n) is 1.17. The predicted octanol–water partition coefficient (Wildman–Crippen LogP) is 2.64. The summed E-state index contributed by atoms with van der Waals surface area (Å²) in [6, 6.07) is 5.72. The van der Waals surface area contributed by atoms with Crippen LogP contribution in [-0.2, 0) is 0 Å². The lowest BCUT2D eigenvalue weighted by Gasteiger charge is -2.25. The zero-order chi connectivity index (χ0) is 11.5. The first-order valence-electron chi connectivity index (χ1n) is 4.71. The Morgan fingerprint density at radius 1 is 1.47 bits per heavy atom. The number of aliphatic hydroxyl groups excluding tert-OH is 1. The standard InChI is InChI=1S/C11H16BrNO2/c1-11(2,7-14)13-8-4-5-10(15-3)9(12)6-8/h4-6,13-14H,7H2,1-3H3. The topological polar surface area (TPSA) is 41.5 Å². The van der Waals surface area contributed by atoms with Crippen molar-refractivity contribution in [2.24, 2.45) is 0 Å². The molecule has 0 bridgehead atoms. The van der Waals surface area contributed by atoms with Crippen LogP contribution in [0.1, 0.15) is 13.8 Å². The third kappa shape index (κ3) is 3.39. The fourth-order valence-corrected chi connectivity index (χ4v) is 1.72. The summed E-state index contributed by atoms with van der Waals surface area (Å²) in [5.41, 5.74) is 0.621. The Bertz CT molecular complexity index is 339. The first-order valence-corrected chi connectivity index (χ1v) is 5.50. The maximum Gasteiger partial charge on any atom is 0.133 e. The third-order valence-electron chi connectivity index (χ3n) is 2.03. The lowest BCUT2D eigenvalue weighted by Crippen LogP contribution is -2.34. The first kappa shape index (κ1) is 12.3. The number of anilines is 1. The van der Waals surface area contributed by atoms with Gasteiger partial charge in [-0.25, -0.2) is 0 Å². The van der Waals surface area contributed by atoms with E-state index in [2.05, 4.69) is 21.2 Å². The molecule has 0 unspecified atom stereocenters. The van der Waals surface area contributed by atoms with Crippen molar-refractivity contribution >= 4 is 21.6 Å². The molecule has 3 nitrogen and oxygen atoms in total. The minimum Gasteiger partial charge on any atom is -0.496 e. The number of aliphatic hydroxyl groups is 1. The number of halogens is 1. The molecule has 0 aromatic heterocycles. The van der Waals surface area contributed by atoms with Crippen molar-refractivity contribution in [3.05, 3.63) is 22.7 Å². The van der Waals surface area contributed by atoms with Gasteiger partial charge in [0.25, 0.3) is 0 Å². The van der Waals surface area contributed by atoms with Crippen molar-refractivity contribution < 1.29 is 9.84 Å². The SMILES string of the molecule is COc1ccc(NC(C)(C)CO)cc1Br.